The van der Waals surface area contributed by atoms with Gasteiger partial charge in [0.1, 0.15) is 5.75 Å². The average Bonchev–Trinajstić information content (AvgIpc) is 2.45. The van der Waals surface area contributed by atoms with Crippen molar-refractivity contribution >= 4 is 11.6 Å². The molecule has 5 heteroatoms. The molecule has 19 heavy (non-hydrogen) atoms. The predicted octanol–water partition coefficient (Wildman–Crippen LogP) is 0.878. The van der Waals surface area contributed by atoms with Crippen LogP contribution < -0.4 is 10.5 Å². The first kappa shape index (κ1) is 13.7. The summed E-state index contributed by atoms with van der Waals surface area (Å²) >= 11 is 0. The van der Waals surface area contributed by atoms with Gasteiger partial charge in [0.25, 0.3) is 5.91 Å². The van der Waals surface area contributed by atoms with Gasteiger partial charge in [0.2, 0.25) is 0 Å². The van der Waals surface area contributed by atoms with Crippen LogP contribution in [-0.4, -0.2) is 42.2 Å². The third-order valence-electron chi connectivity index (χ3n) is 3.35. The molecule has 0 radical (unpaired) electrons. The number of nitrogens with two attached hydrogens (primary N) is 1. The van der Waals surface area contributed by atoms with E-state index in [0.717, 1.165) is 19.4 Å². The van der Waals surface area contributed by atoms with Crippen molar-refractivity contribution < 1.29 is 14.6 Å². The Hall–Kier alpha value is -1.75. The highest BCUT2D eigenvalue weighted by atomic mass is 16.5. The Kier molecular flexibility index (Phi) is 4.63. The quantitative estimate of drug-likeness (QED) is 0.792. The topological polar surface area (TPSA) is 75.8 Å². The molecule has 0 aromatic heterocycles. The Morgan fingerprint density at radius 1 is 1.53 bits per heavy atom. The largest absolute Gasteiger partial charge is 0.484 e. The molecule has 2 rings (SSSR count). The number of nitrogens with zero attached hydrogens (tertiary/aromatic N) is 1. The summed E-state index contributed by atoms with van der Waals surface area (Å²) in [6, 6.07) is 7.03. The van der Waals surface area contributed by atoms with Gasteiger partial charge >= 0.3 is 0 Å². The lowest BCUT2D eigenvalue weighted by atomic mass is 9.99. The summed E-state index contributed by atoms with van der Waals surface area (Å²) in [5.74, 6) is 0.759. The molecule has 1 aromatic carbocycles. The van der Waals surface area contributed by atoms with Crippen LogP contribution in [0.15, 0.2) is 24.3 Å². The highest BCUT2D eigenvalue weighted by molar-refractivity contribution is 5.77. The van der Waals surface area contributed by atoms with Crippen LogP contribution in [0.5, 0.6) is 5.75 Å². The number of hydrogen-bond donors (Lipinski definition) is 2. The van der Waals surface area contributed by atoms with E-state index in [9.17, 15) is 4.79 Å². The second-order valence-electron chi connectivity index (χ2n) is 4.89. The maximum atomic E-state index is 12.0. The number of ether oxygens (including phenoxy) is 1. The molecule has 0 bridgehead atoms. The Labute approximate surface area is 113 Å². The molecule has 1 aliphatic rings. The van der Waals surface area contributed by atoms with Gasteiger partial charge in [0.15, 0.2) is 6.61 Å². The first-order valence-corrected chi connectivity index (χ1v) is 6.56. The third kappa shape index (κ3) is 3.86. The molecular formula is C14H20N2O3. The van der Waals surface area contributed by atoms with Gasteiger partial charge in [-0.15, -0.1) is 0 Å². The van der Waals surface area contributed by atoms with Crippen LogP contribution in [0.25, 0.3) is 0 Å². The summed E-state index contributed by atoms with van der Waals surface area (Å²) in [7, 11) is 0. The highest BCUT2D eigenvalue weighted by Crippen LogP contribution is 2.17. The molecule has 1 atom stereocenters. The fraction of sp³-hybridized carbons (Fsp3) is 0.500. The van der Waals surface area contributed by atoms with Crippen LogP contribution in [0.3, 0.4) is 0 Å². The molecule has 1 unspecified atom stereocenters. The number of hydrogen-bond acceptors (Lipinski definition) is 4. The van der Waals surface area contributed by atoms with Gasteiger partial charge < -0.3 is 20.5 Å². The van der Waals surface area contributed by atoms with Gasteiger partial charge in [-0.05, 0) is 30.9 Å². The van der Waals surface area contributed by atoms with E-state index >= 15 is 0 Å². The Morgan fingerprint density at radius 3 is 3.11 bits per heavy atom. The number of likely N-dealkylation sites (tertiary alicyclic amines) is 1. The van der Waals surface area contributed by atoms with E-state index in [-0.39, 0.29) is 25.0 Å². The first-order valence-electron chi connectivity index (χ1n) is 6.56. The molecule has 3 N–H and O–H groups in total. The van der Waals surface area contributed by atoms with Gasteiger partial charge in [-0.2, -0.15) is 0 Å². The number of carbonyl (C=O) groups is 1. The summed E-state index contributed by atoms with van der Waals surface area (Å²) in [5.41, 5.74) is 6.26. The van der Waals surface area contributed by atoms with E-state index in [2.05, 4.69) is 0 Å². The van der Waals surface area contributed by atoms with Crippen molar-refractivity contribution in [3.63, 3.8) is 0 Å². The van der Waals surface area contributed by atoms with Crippen molar-refractivity contribution in [1.82, 2.24) is 4.90 Å². The Balaban J connectivity index is 1.84. The number of aliphatic hydroxyl groups excluding tert-OH is 1. The zero-order chi connectivity index (χ0) is 13.7. The molecule has 0 saturated carbocycles. The molecule has 104 valence electrons. The van der Waals surface area contributed by atoms with Gasteiger partial charge in [-0.25, -0.2) is 0 Å². The number of rotatable bonds is 4. The third-order valence-corrected chi connectivity index (χ3v) is 3.35. The van der Waals surface area contributed by atoms with Crippen LogP contribution in [0, 0.1) is 5.92 Å². The highest BCUT2D eigenvalue weighted by Gasteiger charge is 2.23. The molecular weight excluding hydrogens is 244 g/mol. The number of aliphatic hydroxyl groups is 1. The average molecular weight is 264 g/mol. The summed E-state index contributed by atoms with van der Waals surface area (Å²) in [5, 5.41) is 9.15. The SMILES string of the molecule is Nc1cccc(OCC(=O)N2CCCC(CO)C2)c1. The minimum Gasteiger partial charge on any atom is -0.484 e. The first-order chi connectivity index (χ1) is 9.19. The summed E-state index contributed by atoms with van der Waals surface area (Å²) < 4.78 is 5.44. The van der Waals surface area contributed by atoms with Crippen molar-refractivity contribution in [2.45, 2.75) is 12.8 Å². The molecule has 1 fully saturated rings. The van der Waals surface area contributed by atoms with Crippen molar-refractivity contribution in [1.29, 1.82) is 0 Å². The number of anilines is 1. The lowest BCUT2D eigenvalue weighted by Gasteiger charge is -2.31. The summed E-state index contributed by atoms with van der Waals surface area (Å²) in [6.45, 7) is 1.52. The molecule has 5 nitrogen and oxygen atoms in total. The molecule has 1 aromatic rings. The number of piperidine rings is 1. The number of amides is 1. The van der Waals surface area contributed by atoms with Gasteiger partial charge in [-0.1, -0.05) is 6.07 Å². The van der Waals surface area contributed by atoms with Crippen LogP contribution >= 0.6 is 0 Å². The molecule has 1 saturated heterocycles. The van der Waals surface area contributed by atoms with Crippen LogP contribution in [0.1, 0.15) is 12.8 Å². The number of benzene rings is 1. The second-order valence-corrected chi connectivity index (χ2v) is 4.89. The van der Waals surface area contributed by atoms with Crippen molar-refractivity contribution in [2.24, 2.45) is 5.92 Å². The molecule has 0 aliphatic carbocycles. The Bertz CT molecular complexity index is 436. The van der Waals surface area contributed by atoms with Crippen molar-refractivity contribution in [3.05, 3.63) is 24.3 Å². The number of nitrogen functional groups attached to an aromatic ring is 1. The maximum absolute atomic E-state index is 12.0. The summed E-state index contributed by atoms with van der Waals surface area (Å²) in [4.78, 5) is 13.8. The standard InChI is InChI=1S/C14H20N2O3/c15-12-4-1-5-13(7-12)19-10-14(18)16-6-2-3-11(8-16)9-17/h1,4-5,7,11,17H,2-3,6,8-10,15H2. The van der Waals surface area contributed by atoms with Crippen LogP contribution in [-0.2, 0) is 4.79 Å². The van der Waals surface area contributed by atoms with E-state index < -0.39 is 0 Å². The van der Waals surface area contributed by atoms with Gasteiger partial charge in [0, 0.05) is 31.5 Å². The lowest BCUT2D eigenvalue weighted by Crippen LogP contribution is -2.43. The zero-order valence-electron chi connectivity index (χ0n) is 10.9. The Morgan fingerprint density at radius 2 is 2.37 bits per heavy atom. The monoisotopic (exact) mass is 264 g/mol. The van der Waals surface area contributed by atoms with Crippen LogP contribution in [0.2, 0.25) is 0 Å². The second kappa shape index (κ2) is 6.43. The van der Waals surface area contributed by atoms with E-state index in [1.807, 2.05) is 0 Å². The molecule has 1 aliphatic heterocycles. The zero-order valence-corrected chi connectivity index (χ0v) is 10.9. The predicted molar refractivity (Wildman–Crippen MR) is 72.7 cm³/mol. The van der Waals surface area contributed by atoms with E-state index in [0.29, 0.717) is 18.0 Å². The summed E-state index contributed by atoms with van der Waals surface area (Å²) in [6.07, 6.45) is 1.92. The lowest BCUT2D eigenvalue weighted by molar-refractivity contribution is -0.135. The molecule has 0 spiro atoms. The van der Waals surface area contributed by atoms with Crippen molar-refractivity contribution in [3.8, 4) is 5.75 Å². The fourth-order valence-electron chi connectivity index (χ4n) is 2.28. The minimum atomic E-state index is -0.0411. The van der Waals surface area contributed by atoms with Crippen LogP contribution in [0.4, 0.5) is 5.69 Å². The van der Waals surface area contributed by atoms with E-state index in [4.69, 9.17) is 15.6 Å². The minimum absolute atomic E-state index is 0.0155. The number of carbonyl (C=O) groups excluding carboxylic acids is 1. The fourth-order valence-corrected chi connectivity index (χ4v) is 2.28. The maximum Gasteiger partial charge on any atom is 0.260 e. The molecule has 1 heterocycles. The van der Waals surface area contributed by atoms with E-state index in [1.165, 1.54) is 0 Å². The van der Waals surface area contributed by atoms with E-state index in [1.54, 1.807) is 29.2 Å². The normalized spacial score (nSPS) is 19.2. The smallest absolute Gasteiger partial charge is 0.260 e. The molecule has 1 amide bonds. The van der Waals surface area contributed by atoms with Gasteiger partial charge in [0.05, 0.1) is 0 Å². The van der Waals surface area contributed by atoms with Gasteiger partial charge in [-0.3, -0.25) is 4.79 Å². The van der Waals surface area contributed by atoms with Crippen molar-refractivity contribution in [2.75, 3.05) is 32.0 Å².